The van der Waals surface area contributed by atoms with E-state index < -0.39 is 5.97 Å². The van der Waals surface area contributed by atoms with Crippen LogP contribution in [-0.2, 0) is 16.0 Å². The van der Waals surface area contributed by atoms with Gasteiger partial charge in [0.15, 0.2) is 0 Å². The minimum atomic E-state index is -0.877. The lowest BCUT2D eigenvalue weighted by Crippen LogP contribution is -2.28. The standard InChI is InChI=1S/C16H20N2O3/c1-12-14(9-10-15(19)20)16(21)18(17-12)11-5-8-13-6-3-2-4-7-13/h2-4,6-7,14H,5,8-11H2,1H3,(H,19,20). The maximum atomic E-state index is 12.2. The third-order valence-electron chi connectivity index (χ3n) is 3.66. The quantitative estimate of drug-likeness (QED) is 0.837. The van der Waals surface area contributed by atoms with Gasteiger partial charge < -0.3 is 5.11 Å². The Labute approximate surface area is 124 Å². The number of nitrogens with zero attached hydrogens (tertiary/aromatic N) is 2. The SMILES string of the molecule is CC1=NN(CCCc2ccccc2)C(=O)C1CCC(=O)O. The zero-order valence-corrected chi connectivity index (χ0v) is 12.2. The van der Waals surface area contributed by atoms with Gasteiger partial charge in [-0.2, -0.15) is 5.10 Å². The summed E-state index contributed by atoms with van der Waals surface area (Å²) in [6.07, 6.45) is 2.08. The molecule has 1 amide bonds. The van der Waals surface area contributed by atoms with Crippen LogP contribution < -0.4 is 0 Å². The summed E-state index contributed by atoms with van der Waals surface area (Å²) < 4.78 is 0. The maximum Gasteiger partial charge on any atom is 0.303 e. The van der Waals surface area contributed by atoms with E-state index in [9.17, 15) is 9.59 Å². The number of carbonyl (C=O) groups is 2. The summed E-state index contributed by atoms with van der Waals surface area (Å²) >= 11 is 0. The number of amides is 1. The molecule has 1 heterocycles. The van der Waals surface area contributed by atoms with Crippen LogP contribution in [0.4, 0.5) is 0 Å². The average molecular weight is 288 g/mol. The number of aliphatic carboxylic acids is 1. The molecule has 0 aromatic heterocycles. The van der Waals surface area contributed by atoms with E-state index in [1.54, 1.807) is 6.92 Å². The smallest absolute Gasteiger partial charge is 0.303 e. The second-order valence-electron chi connectivity index (χ2n) is 5.28. The van der Waals surface area contributed by atoms with Crippen LogP contribution in [0.15, 0.2) is 35.4 Å². The molecular formula is C16H20N2O3. The summed E-state index contributed by atoms with van der Waals surface area (Å²) in [6, 6.07) is 10.1. The topological polar surface area (TPSA) is 70.0 Å². The van der Waals surface area contributed by atoms with E-state index in [1.165, 1.54) is 10.6 Å². The van der Waals surface area contributed by atoms with Gasteiger partial charge in [-0.05, 0) is 31.7 Å². The zero-order valence-electron chi connectivity index (χ0n) is 12.2. The molecule has 1 aromatic rings. The molecule has 112 valence electrons. The fraction of sp³-hybridized carbons (Fsp3) is 0.438. The molecule has 5 nitrogen and oxygen atoms in total. The fourth-order valence-corrected chi connectivity index (χ4v) is 2.51. The Kier molecular flexibility index (Phi) is 5.09. The third kappa shape index (κ3) is 4.15. The van der Waals surface area contributed by atoms with Crippen LogP contribution in [0.2, 0.25) is 0 Å². The Morgan fingerprint density at radius 2 is 2.05 bits per heavy atom. The van der Waals surface area contributed by atoms with E-state index in [2.05, 4.69) is 17.2 Å². The molecule has 5 heteroatoms. The number of carboxylic acids is 1. The van der Waals surface area contributed by atoms with Crippen molar-refractivity contribution in [3.63, 3.8) is 0 Å². The second-order valence-corrected chi connectivity index (χ2v) is 5.28. The van der Waals surface area contributed by atoms with Crippen LogP contribution in [0.1, 0.15) is 31.7 Å². The van der Waals surface area contributed by atoms with Crippen LogP contribution in [0.3, 0.4) is 0 Å². The molecule has 0 fully saturated rings. The van der Waals surface area contributed by atoms with Crippen LogP contribution >= 0.6 is 0 Å². The van der Waals surface area contributed by atoms with Crippen LogP contribution in [-0.4, -0.2) is 34.2 Å². The first-order valence-electron chi connectivity index (χ1n) is 7.20. The van der Waals surface area contributed by atoms with E-state index in [1.807, 2.05) is 18.2 Å². The van der Waals surface area contributed by atoms with Crippen LogP contribution in [0.5, 0.6) is 0 Å². The molecule has 2 rings (SSSR count). The molecule has 1 aromatic carbocycles. The lowest BCUT2D eigenvalue weighted by atomic mass is 9.98. The first-order valence-corrected chi connectivity index (χ1v) is 7.20. The molecule has 1 unspecified atom stereocenters. The fourth-order valence-electron chi connectivity index (χ4n) is 2.51. The number of rotatable bonds is 7. The van der Waals surface area contributed by atoms with Crippen molar-refractivity contribution in [1.82, 2.24) is 5.01 Å². The Balaban J connectivity index is 1.82. The lowest BCUT2D eigenvalue weighted by molar-refractivity contribution is -0.137. The van der Waals surface area contributed by atoms with Crippen molar-refractivity contribution < 1.29 is 14.7 Å². The predicted octanol–water partition coefficient (Wildman–Crippen LogP) is 2.32. The molecule has 0 saturated carbocycles. The Morgan fingerprint density at radius 1 is 1.33 bits per heavy atom. The minimum Gasteiger partial charge on any atom is -0.481 e. The number of aryl methyl sites for hydroxylation is 1. The molecule has 1 aliphatic rings. The normalized spacial score (nSPS) is 18.0. The van der Waals surface area contributed by atoms with Crippen molar-refractivity contribution in [3.8, 4) is 0 Å². The van der Waals surface area contributed by atoms with E-state index in [-0.39, 0.29) is 18.2 Å². The van der Waals surface area contributed by atoms with Crippen molar-refractivity contribution in [2.45, 2.75) is 32.6 Å². The van der Waals surface area contributed by atoms with Gasteiger partial charge in [0, 0.05) is 18.7 Å². The van der Waals surface area contributed by atoms with Crippen molar-refractivity contribution in [2.75, 3.05) is 6.54 Å². The van der Waals surface area contributed by atoms with Gasteiger partial charge in [-0.1, -0.05) is 30.3 Å². The van der Waals surface area contributed by atoms with E-state index in [0.717, 1.165) is 18.6 Å². The molecule has 21 heavy (non-hydrogen) atoms. The summed E-state index contributed by atoms with van der Waals surface area (Å²) in [5, 5.41) is 14.5. The molecule has 1 atom stereocenters. The first kappa shape index (κ1) is 15.2. The number of hydrogen-bond acceptors (Lipinski definition) is 3. The highest BCUT2D eigenvalue weighted by atomic mass is 16.4. The summed E-state index contributed by atoms with van der Waals surface area (Å²) in [5.74, 6) is -1.31. The number of carboxylic acid groups (broad SMARTS) is 1. The van der Waals surface area contributed by atoms with E-state index in [4.69, 9.17) is 5.11 Å². The van der Waals surface area contributed by atoms with Gasteiger partial charge in [-0.15, -0.1) is 0 Å². The van der Waals surface area contributed by atoms with Gasteiger partial charge in [-0.3, -0.25) is 9.59 Å². The summed E-state index contributed by atoms with van der Waals surface area (Å²) in [4.78, 5) is 22.8. The zero-order chi connectivity index (χ0) is 15.2. The van der Waals surface area contributed by atoms with Crippen molar-refractivity contribution in [2.24, 2.45) is 11.0 Å². The molecule has 0 aliphatic carbocycles. The highest BCUT2D eigenvalue weighted by Crippen LogP contribution is 2.21. The first-order chi connectivity index (χ1) is 10.1. The van der Waals surface area contributed by atoms with Crippen LogP contribution in [0, 0.1) is 5.92 Å². The van der Waals surface area contributed by atoms with E-state index >= 15 is 0 Å². The molecule has 0 saturated heterocycles. The number of carbonyl (C=O) groups excluding carboxylic acids is 1. The second kappa shape index (κ2) is 7.02. The minimum absolute atomic E-state index is 0.00111. The number of hydrogen-bond donors (Lipinski definition) is 1. The molecule has 0 radical (unpaired) electrons. The summed E-state index contributed by atoms with van der Waals surface area (Å²) in [7, 11) is 0. The monoisotopic (exact) mass is 288 g/mol. The van der Waals surface area contributed by atoms with Gasteiger partial charge in [0.25, 0.3) is 5.91 Å². The van der Waals surface area contributed by atoms with Gasteiger partial charge in [-0.25, -0.2) is 5.01 Å². The van der Waals surface area contributed by atoms with Crippen molar-refractivity contribution >= 4 is 17.6 Å². The Hall–Kier alpha value is -2.17. The molecular weight excluding hydrogens is 268 g/mol. The Bertz CT molecular complexity index is 540. The van der Waals surface area contributed by atoms with Gasteiger partial charge >= 0.3 is 5.97 Å². The third-order valence-corrected chi connectivity index (χ3v) is 3.66. The number of benzene rings is 1. The number of hydrazone groups is 1. The summed E-state index contributed by atoms with van der Waals surface area (Å²) in [6.45, 7) is 2.37. The van der Waals surface area contributed by atoms with Crippen molar-refractivity contribution in [1.29, 1.82) is 0 Å². The predicted molar refractivity (Wildman–Crippen MR) is 79.9 cm³/mol. The largest absolute Gasteiger partial charge is 0.481 e. The van der Waals surface area contributed by atoms with Gasteiger partial charge in [0.05, 0.1) is 5.92 Å². The maximum absolute atomic E-state index is 12.2. The van der Waals surface area contributed by atoms with Crippen LogP contribution in [0.25, 0.3) is 0 Å². The molecule has 0 spiro atoms. The molecule has 0 bridgehead atoms. The van der Waals surface area contributed by atoms with Crippen molar-refractivity contribution in [3.05, 3.63) is 35.9 Å². The highest BCUT2D eigenvalue weighted by Gasteiger charge is 2.32. The average Bonchev–Trinajstić information content (AvgIpc) is 2.72. The summed E-state index contributed by atoms with van der Waals surface area (Å²) in [5.41, 5.74) is 1.97. The van der Waals surface area contributed by atoms with E-state index in [0.29, 0.717) is 13.0 Å². The lowest BCUT2D eigenvalue weighted by Gasteiger charge is -2.13. The van der Waals surface area contributed by atoms with Gasteiger partial charge in [0.2, 0.25) is 0 Å². The highest BCUT2D eigenvalue weighted by molar-refractivity contribution is 6.07. The Morgan fingerprint density at radius 3 is 2.71 bits per heavy atom. The molecule has 1 N–H and O–H groups in total. The van der Waals surface area contributed by atoms with Gasteiger partial charge in [0.1, 0.15) is 0 Å². The molecule has 1 aliphatic heterocycles.